The van der Waals surface area contributed by atoms with Crippen molar-refractivity contribution in [2.24, 2.45) is 0 Å². The summed E-state index contributed by atoms with van der Waals surface area (Å²) in [6.07, 6.45) is 2.93. The standard InChI is InChI=1S/C22H25N5O2S2/c1-13-11-16(8-9-18(13)26-31(4,28)29)27-21(17-12-14(2)24-15(17)3)20(25-22(27)30)19-7-5-6-10-23-19/h5-12,20-21,24,26H,1-4H3,(H,25,30)/t20-,21-/m0/s1. The van der Waals surface area contributed by atoms with Crippen LogP contribution in [0.15, 0.2) is 48.7 Å². The van der Waals surface area contributed by atoms with Gasteiger partial charge in [0.15, 0.2) is 5.11 Å². The lowest BCUT2D eigenvalue weighted by Crippen LogP contribution is -2.29. The van der Waals surface area contributed by atoms with Crippen molar-refractivity contribution in [3.05, 3.63) is 76.9 Å². The largest absolute Gasteiger partial charge is 0.362 e. The molecule has 1 saturated heterocycles. The van der Waals surface area contributed by atoms with Gasteiger partial charge in [-0.25, -0.2) is 8.42 Å². The number of anilines is 2. The Hall–Kier alpha value is -2.91. The van der Waals surface area contributed by atoms with Crippen LogP contribution in [0.5, 0.6) is 0 Å². The predicted molar refractivity (Wildman–Crippen MR) is 128 cm³/mol. The topological polar surface area (TPSA) is 90.1 Å². The zero-order valence-electron chi connectivity index (χ0n) is 17.8. The van der Waals surface area contributed by atoms with Crippen molar-refractivity contribution >= 4 is 38.7 Å². The third kappa shape index (κ3) is 4.28. The number of hydrogen-bond acceptors (Lipinski definition) is 4. The lowest BCUT2D eigenvalue weighted by atomic mass is 9.96. The average Bonchev–Trinajstić information content (AvgIpc) is 3.21. The Labute approximate surface area is 188 Å². The van der Waals surface area contributed by atoms with Gasteiger partial charge >= 0.3 is 0 Å². The minimum absolute atomic E-state index is 0.111. The van der Waals surface area contributed by atoms with Crippen LogP contribution < -0.4 is 14.9 Å². The van der Waals surface area contributed by atoms with Crippen molar-refractivity contribution in [2.75, 3.05) is 15.9 Å². The highest BCUT2D eigenvalue weighted by Crippen LogP contribution is 2.43. The van der Waals surface area contributed by atoms with Crippen LogP contribution in [0.2, 0.25) is 0 Å². The van der Waals surface area contributed by atoms with Gasteiger partial charge in [-0.15, -0.1) is 0 Å². The number of thiocarbonyl (C=S) groups is 1. The van der Waals surface area contributed by atoms with E-state index < -0.39 is 10.0 Å². The van der Waals surface area contributed by atoms with Crippen LogP contribution in [0.25, 0.3) is 0 Å². The van der Waals surface area contributed by atoms with Crippen LogP contribution in [0.1, 0.15) is 40.3 Å². The molecule has 3 heterocycles. The second-order valence-electron chi connectivity index (χ2n) is 7.90. The molecular weight excluding hydrogens is 430 g/mol. The second-order valence-corrected chi connectivity index (χ2v) is 10.0. The van der Waals surface area contributed by atoms with E-state index in [0.29, 0.717) is 10.8 Å². The summed E-state index contributed by atoms with van der Waals surface area (Å²) in [7, 11) is -3.36. The maximum absolute atomic E-state index is 11.7. The quantitative estimate of drug-likeness (QED) is 0.506. The zero-order chi connectivity index (χ0) is 22.3. The molecule has 0 unspecified atom stereocenters. The van der Waals surface area contributed by atoms with Gasteiger partial charge in [-0.2, -0.15) is 0 Å². The summed E-state index contributed by atoms with van der Waals surface area (Å²) in [4.78, 5) is 10.1. The number of nitrogens with zero attached hydrogens (tertiary/aromatic N) is 2. The Morgan fingerprint density at radius 1 is 1.13 bits per heavy atom. The summed E-state index contributed by atoms with van der Waals surface area (Å²) in [6, 6.07) is 13.4. The van der Waals surface area contributed by atoms with Crippen molar-refractivity contribution in [3.8, 4) is 0 Å². The molecule has 31 heavy (non-hydrogen) atoms. The molecule has 2 aromatic heterocycles. The predicted octanol–water partition coefficient (Wildman–Crippen LogP) is 3.88. The van der Waals surface area contributed by atoms with Crippen LogP contribution >= 0.6 is 12.2 Å². The molecule has 1 aromatic carbocycles. The number of aromatic amines is 1. The summed E-state index contributed by atoms with van der Waals surface area (Å²) in [5.41, 5.74) is 6.44. The molecule has 7 nitrogen and oxygen atoms in total. The Morgan fingerprint density at radius 3 is 2.48 bits per heavy atom. The molecule has 0 bridgehead atoms. The minimum Gasteiger partial charge on any atom is -0.362 e. The van der Waals surface area contributed by atoms with Gasteiger partial charge in [-0.1, -0.05) is 6.07 Å². The fourth-order valence-electron chi connectivity index (χ4n) is 4.11. The van der Waals surface area contributed by atoms with E-state index in [2.05, 4.69) is 37.9 Å². The molecule has 0 aliphatic carbocycles. The van der Waals surface area contributed by atoms with Gasteiger partial charge < -0.3 is 15.2 Å². The number of pyridine rings is 1. The average molecular weight is 456 g/mol. The Bertz CT molecular complexity index is 1240. The number of H-pyrrole nitrogens is 1. The number of aryl methyl sites for hydroxylation is 3. The maximum atomic E-state index is 11.7. The van der Waals surface area contributed by atoms with Crippen LogP contribution in [-0.2, 0) is 10.0 Å². The van der Waals surface area contributed by atoms with E-state index in [-0.39, 0.29) is 12.1 Å². The van der Waals surface area contributed by atoms with Gasteiger partial charge in [0.05, 0.1) is 29.7 Å². The van der Waals surface area contributed by atoms with E-state index in [1.54, 1.807) is 12.3 Å². The summed E-state index contributed by atoms with van der Waals surface area (Å²) in [5, 5.41) is 4.04. The number of aromatic nitrogens is 2. The van der Waals surface area contributed by atoms with Crippen LogP contribution in [0.4, 0.5) is 11.4 Å². The first-order valence-electron chi connectivity index (χ1n) is 9.89. The second kappa shape index (κ2) is 7.97. The van der Waals surface area contributed by atoms with Crippen LogP contribution in [-0.4, -0.2) is 29.8 Å². The van der Waals surface area contributed by atoms with E-state index >= 15 is 0 Å². The van der Waals surface area contributed by atoms with Gasteiger partial charge in [-0.3, -0.25) is 9.71 Å². The smallest absolute Gasteiger partial charge is 0.229 e. The zero-order valence-corrected chi connectivity index (χ0v) is 19.4. The van der Waals surface area contributed by atoms with E-state index in [1.165, 1.54) is 0 Å². The fraction of sp³-hybridized carbons (Fsp3) is 0.273. The number of hydrogen-bond donors (Lipinski definition) is 3. The van der Waals surface area contributed by atoms with E-state index in [1.807, 2.05) is 44.2 Å². The Balaban J connectivity index is 1.81. The van der Waals surface area contributed by atoms with Gasteiger partial charge in [0.25, 0.3) is 0 Å². The maximum Gasteiger partial charge on any atom is 0.229 e. The fourth-order valence-corrected chi connectivity index (χ4v) is 5.09. The highest BCUT2D eigenvalue weighted by Gasteiger charge is 2.41. The van der Waals surface area contributed by atoms with Crippen molar-refractivity contribution < 1.29 is 8.42 Å². The lowest BCUT2D eigenvalue weighted by Gasteiger charge is -2.28. The number of sulfonamides is 1. The molecular formula is C22H25N5O2S2. The molecule has 0 amide bonds. The SMILES string of the molecule is Cc1cc([C@H]2[C@H](c3ccccn3)NC(=S)N2c2ccc(NS(C)(=O)=O)c(C)c2)c(C)[nH]1. The van der Waals surface area contributed by atoms with Crippen molar-refractivity contribution in [2.45, 2.75) is 32.9 Å². The van der Waals surface area contributed by atoms with Crippen molar-refractivity contribution in [1.29, 1.82) is 0 Å². The molecule has 4 rings (SSSR count). The molecule has 9 heteroatoms. The van der Waals surface area contributed by atoms with E-state index in [4.69, 9.17) is 12.2 Å². The number of benzene rings is 1. The number of nitrogens with one attached hydrogen (secondary N) is 3. The molecule has 0 spiro atoms. The van der Waals surface area contributed by atoms with Gasteiger partial charge in [0, 0.05) is 23.3 Å². The highest BCUT2D eigenvalue weighted by atomic mass is 32.2. The van der Waals surface area contributed by atoms with Crippen molar-refractivity contribution in [1.82, 2.24) is 15.3 Å². The molecule has 1 fully saturated rings. The lowest BCUT2D eigenvalue weighted by molar-refractivity contribution is 0.566. The molecule has 3 N–H and O–H groups in total. The first-order valence-corrected chi connectivity index (χ1v) is 12.2. The Kier molecular flexibility index (Phi) is 5.49. The highest BCUT2D eigenvalue weighted by molar-refractivity contribution is 7.92. The molecule has 2 atom stereocenters. The number of rotatable bonds is 5. The minimum atomic E-state index is -3.36. The third-order valence-corrected chi connectivity index (χ3v) is 6.30. The first-order chi connectivity index (χ1) is 14.6. The van der Waals surface area contributed by atoms with Gasteiger partial charge in [-0.05, 0) is 80.5 Å². The van der Waals surface area contributed by atoms with E-state index in [9.17, 15) is 8.42 Å². The monoisotopic (exact) mass is 455 g/mol. The van der Waals surface area contributed by atoms with Crippen molar-refractivity contribution in [3.63, 3.8) is 0 Å². The van der Waals surface area contributed by atoms with Crippen LogP contribution in [0.3, 0.4) is 0 Å². The molecule has 0 saturated carbocycles. The molecule has 1 aliphatic rings. The summed E-state index contributed by atoms with van der Waals surface area (Å²) < 4.78 is 25.9. The first kappa shape index (κ1) is 21.3. The molecule has 3 aromatic rings. The summed E-state index contributed by atoms with van der Waals surface area (Å²) in [6.45, 7) is 5.97. The van der Waals surface area contributed by atoms with E-state index in [0.717, 1.165) is 40.2 Å². The normalized spacial score (nSPS) is 18.8. The summed E-state index contributed by atoms with van der Waals surface area (Å²) in [5.74, 6) is 0. The molecule has 162 valence electrons. The third-order valence-electron chi connectivity index (χ3n) is 5.39. The molecule has 1 aliphatic heterocycles. The molecule has 0 radical (unpaired) electrons. The van der Waals surface area contributed by atoms with Gasteiger partial charge in [0.1, 0.15) is 0 Å². The summed E-state index contributed by atoms with van der Waals surface area (Å²) >= 11 is 5.76. The van der Waals surface area contributed by atoms with Crippen LogP contribution in [0, 0.1) is 20.8 Å². The Morgan fingerprint density at radius 2 is 1.90 bits per heavy atom. The van der Waals surface area contributed by atoms with Gasteiger partial charge in [0.2, 0.25) is 10.0 Å².